The number of rotatable bonds is 7. The standard InChI is InChI=1S/C8H21N3O/c1-2-7(10)8(3-4-9)11-5-6-12/h7-8,11-12H,2-6,9-10H2,1H3. The molecule has 0 fully saturated rings. The SMILES string of the molecule is CCC(N)C(CCN)NCCO. The molecule has 12 heavy (non-hydrogen) atoms. The molecule has 4 nitrogen and oxygen atoms in total. The molecular weight excluding hydrogens is 154 g/mol. The molecule has 0 spiro atoms. The van der Waals surface area contributed by atoms with Gasteiger partial charge in [0, 0.05) is 18.6 Å². The fraction of sp³-hybridized carbons (Fsp3) is 1.00. The van der Waals surface area contributed by atoms with Crippen LogP contribution < -0.4 is 16.8 Å². The van der Waals surface area contributed by atoms with Gasteiger partial charge < -0.3 is 21.9 Å². The van der Waals surface area contributed by atoms with E-state index >= 15 is 0 Å². The molecular formula is C8H21N3O. The first-order valence-corrected chi connectivity index (χ1v) is 4.56. The maximum absolute atomic E-state index is 8.60. The van der Waals surface area contributed by atoms with Crippen molar-refractivity contribution in [2.75, 3.05) is 19.7 Å². The lowest BCUT2D eigenvalue weighted by molar-refractivity contribution is 0.274. The van der Waals surface area contributed by atoms with E-state index < -0.39 is 0 Å². The molecule has 0 saturated carbocycles. The van der Waals surface area contributed by atoms with Gasteiger partial charge in [-0.1, -0.05) is 6.92 Å². The monoisotopic (exact) mass is 175 g/mol. The largest absolute Gasteiger partial charge is 0.395 e. The van der Waals surface area contributed by atoms with Crippen LogP contribution in [0, 0.1) is 0 Å². The van der Waals surface area contributed by atoms with Crippen LogP contribution in [-0.4, -0.2) is 36.9 Å². The molecule has 0 aliphatic carbocycles. The van der Waals surface area contributed by atoms with Crippen molar-refractivity contribution in [2.24, 2.45) is 11.5 Å². The normalized spacial score (nSPS) is 16.0. The van der Waals surface area contributed by atoms with E-state index in [9.17, 15) is 0 Å². The molecule has 6 N–H and O–H groups in total. The molecule has 0 rings (SSSR count). The van der Waals surface area contributed by atoms with Gasteiger partial charge in [0.25, 0.3) is 0 Å². The van der Waals surface area contributed by atoms with Crippen molar-refractivity contribution in [1.29, 1.82) is 0 Å². The number of aliphatic hydroxyl groups is 1. The van der Waals surface area contributed by atoms with Gasteiger partial charge in [0.2, 0.25) is 0 Å². The molecule has 0 saturated heterocycles. The van der Waals surface area contributed by atoms with E-state index in [1.807, 2.05) is 0 Å². The van der Waals surface area contributed by atoms with Crippen molar-refractivity contribution >= 4 is 0 Å². The lowest BCUT2D eigenvalue weighted by Gasteiger charge is -2.23. The number of aliphatic hydroxyl groups excluding tert-OH is 1. The summed E-state index contributed by atoms with van der Waals surface area (Å²) >= 11 is 0. The smallest absolute Gasteiger partial charge is 0.0556 e. The van der Waals surface area contributed by atoms with E-state index in [4.69, 9.17) is 16.6 Å². The summed E-state index contributed by atoms with van der Waals surface area (Å²) in [6, 6.07) is 0.382. The molecule has 0 heterocycles. The van der Waals surface area contributed by atoms with Crippen molar-refractivity contribution in [1.82, 2.24) is 5.32 Å². The van der Waals surface area contributed by atoms with Crippen LogP contribution in [0.4, 0.5) is 0 Å². The predicted molar refractivity (Wildman–Crippen MR) is 50.8 cm³/mol. The zero-order chi connectivity index (χ0) is 9.40. The summed E-state index contributed by atoms with van der Waals surface area (Å²) in [6.45, 7) is 3.43. The van der Waals surface area contributed by atoms with Crippen LogP contribution in [0.1, 0.15) is 19.8 Å². The van der Waals surface area contributed by atoms with Gasteiger partial charge in [0.05, 0.1) is 6.61 Å². The molecule has 0 aromatic carbocycles. The summed E-state index contributed by atoms with van der Waals surface area (Å²) in [5.41, 5.74) is 11.3. The first-order valence-electron chi connectivity index (χ1n) is 4.56. The van der Waals surface area contributed by atoms with Crippen LogP contribution in [0.5, 0.6) is 0 Å². The van der Waals surface area contributed by atoms with Gasteiger partial charge in [-0.3, -0.25) is 0 Å². The zero-order valence-corrected chi connectivity index (χ0v) is 7.79. The minimum absolute atomic E-state index is 0.139. The maximum Gasteiger partial charge on any atom is 0.0556 e. The number of nitrogens with two attached hydrogens (primary N) is 2. The van der Waals surface area contributed by atoms with Crippen molar-refractivity contribution < 1.29 is 5.11 Å². The van der Waals surface area contributed by atoms with E-state index in [2.05, 4.69) is 12.2 Å². The highest BCUT2D eigenvalue weighted by Crippen LogP contribution is 1.99. The Bertz CT molecular complexity index is 100. The molecule has 0 aliphatic rings. The molecule has 0 aromatic rings. The van der Waals surface area contributed by atoms with Crippen molar-refractivity contribution in [2.45, 2.75) is 31.8 Å². The Morgan fingerprint density at radius 2 is 2.17 bits per heavy atom. The Morgan fingerprint density at radius 1 is 1.50 bits per heavy atom. The molecule has 74 valence electrons. The minimum Gasteiger partial charge on any atom is -0.395 e. The lowest BCUT2D eigenvalue weighted by Crippen LogP contribution is -2.46. The summed E-state index contributed by atoms with van der Waals surface area (Å²) in [5, 5.41) is 11.8. The molecule has 2 atom stereocenters. The Hall–Kier alpha value is -0.160. The van der Waals surface area contributed by atoms with Crippen LogP contribution in [0.25, 0.3) is 0 Å². The van der Waals surface area contributed by atoms with Crippen LogP contribution in [0.15, 0.2) is 0 Å². The summed E-state index contributed by atoms with van der Waals surface area (Å²) in [4.78, 5) is 0. The highest BCUT2D eigenvalue weighted by Gasteiger charge is 2.13. The van der Waals surface area contributed by atoms with E-state index in [0.29, 0.717) is 13.1 Å². The second kappa shape index (κ2) is 7.49. The van der Waals surface area contributed by atoms with Crippen LogP contribution in [0.3, 0.4) is 0 Å². The highest BCUT2D eigenvalue weighted by molar-refractivity contribution is 4.78. The van der Waals surface area contributed by atoms with Gasteiger partial charge in [0.1, 0.15) is 0 Å². The molecule has 4 heteroatoms. The number of hydrogen-bond acceptors (Lipinski definition) is 4. The van der Waals surface area contributed by atoms with E-state index in [0.717, 1.165) is 12.8 Å². The molecule has 0 radical (unpaired) electrons. The third-order valence-electron chi connectivity index (χ3n) is 1.98. The van der Waals surface area contributed by atoms with Crippen molar-refractivity contribution in [3.63, 3.8) is 0 Å². The molecule has 0 bridgehead atoms. The van der Waals surface area contributed by atoms with Gasteiger partial charge in [-0.25, -0.2) is 0 Å². The van der Waals surface area contributed by atoms with Crippen molar-refractivity contribution in [3.05, 3.63) is 0 Å². The van der Waals surface area contributed by atoms with Crippen LogP contribution in [0.2, 0.25) is 0 Å². The Kier molecular flexibility index (Phi) is 7.39. The van der Waals surface area contributed by atoms with Crippen molar-refractivity contribution in [3.8, 4) is 0 Å². The second-order valence-corrected chi connectivity index (χ2v) is 2.93. The van der Waals surface area contributed by atoms with Gasteiger partial charge in [0.15, 0.2) is 0 Å². The number of hydrogen-bond donors (Lipinski definition) is 4. The minimum atomic E-state index is 0.139. The summed E-state index contributed by atoms with van der Waals surface area (Å²) in [6.07, 6.45) is 1.80. The predicted octanol–water partition coefficient (Wildman–Crippen LogP) is -0.977. The third-order valence-corrected chi connectivity index (χ3v) is 1.98. The maximum atomic E-state index is 8.60. The molecule has 0 aliphatic heterocycles. The van der Waals surface area contributed by atoms with Gasteiger partial charge in [-0.05, 0) is 19.4 Å². The van der Waals surface area contributed by atoms with Gasteiger partial charge in [-0.2, -0.15) is 0 Å². The Morgan fingerprint density at radius 3 is 2.58 bits per heavy atom. The molecule has 0 aromatic heterocycles. The van der Waals surface area contributed by atoms with Crippen LogP contribution in [-0.2, 0) is 0 Å². The highest BCUT2D eigenvalue weighted by atomic mass is 16.3. The molecule has 2 unspecified atom stereocenters. The Labute approximate surface area is 74.3 Å². The average molecular weight is 175 g/mol. The topological polar surface area (TPSA) is 84.3 Å². The van der Waals surface area contributed by atoms with E-state index in [-0.39, 0.29) is 18.7 Å². The van der Waals surface area contributed by atoms with Crippen LogP contribution >= 0.6 is 0 Å². The summed E-state index contributed by atoms with van der Waals surface area (Å²) in [7, 11) is 0. The first kappa shape index (κ1) is 11.8. The first-order chi connectivity index (χ1) is 5.76. The molecule has 0 amide bonds. The lowest BCUT2D eigenvalue weighted by atomic mass is 10.0. The fourth-order valence-corrected chi connectivity index (χ4v) is 1.18. The quantitative estimate of drug-likeness (QED) is 0.401. The van der Waals surface area contributed by atoms with E-state index in [1.165, 1.54) is 0 Å². The number of nitrogens with one attached hydrogen (secondary N) is 1. The Balaban J connectivity index is 3.68. The van der Waals surface area contributed by atoms with Gasteiger partial charge >= 0.3 is 0 Å². The summed E-state index contributed by atoms with van der Waals surface area (Å²) in [5.74, 6) is 0. The second-order valence-electron chi connectivity index (χ2n) is 2.93. The van der Waals surface area contributed by atoms with E-state index in [1.54, 1.807) is 0 Å². The average Bonchev–Trinajstić information content (AvgIpc) is 2.11. The third kappa shape index (κ3) is 4.66. The fourth-order valence-electron chi connectivity index (χ4n) is 1.18. The zero-order valence-electron chi connectivity index (χ0n) is 7.79. The van der Waals surface area contributed by atoms with Gasteiger partial charge in [-0.15, -0.1) is 0 Å². The summed E-state index contributed by atoms with van der Waals surface area (Å²) < 4.78 is 0.